The number of nitrogens with two attached hydrogens (primary N) is 1. The van der Waals surface area contributed by atoms with Gasteiger partial charge in [-0.25, -0.2) is 4.98 Å². The van der Waals surface area contributed by atoms with Crippen LogP contribution in [0.2, 0.25) is 0 Å². The van der Waals surface area contributed by atoms with Gasteiger partial charge in [-0.1, -0.05) is 0 Å². The summed E-state index contributed by atoms with van der Waals surface area (Å²) in [6.45, 7) is 3.94. The van der Waals surface area contributed by atoms with Gasteiger partial charge in [0, 0.05) is 7.11 Å². The highest BCUT2D eigenvalue weighted by molar-refractivity contribution is 5.25. The number of hydrogen-bond donors (Lipinski definition) is 1. The van der Waals surface area contributed by atoms with Crippen molar-refractivity contribution >= 4 is 0 Å². The van der Waals surface area contributed by atoms with E-state index in [2.05, 4.69) is 9.97 Å². The van der Waals surface area contributed by atoms with Crippen LogP contribution in [0.25, 0.3) is 0 Å². The quantitative estimate of drug-likeness (QED) is 0.825. The molecule has 6 heteroatoms. The number of ether oxygens (including phenoxy) is 3. The van der Waals surface area contributed by atoms with Gasteiger partial charge in [0.2, 0.25) is 11.8 Å². The summed E-state index contributed by atoms with van der Waals surface area (Å²) in [5, 5.41) is 0. The van der Waals surface area contributed by atoms with Crippen LogP contribution in [-0.2, 0) is 4.74 Å². The Labute approximate surface area is 107 Å². The normalized spacial score (nSPS) is 13.2. The molecule has 0 radical (unpaired) electrons. The summed E-state index contributed by atoms with van der Waals surface area (Å²) in [5.41, 5.74) is 6.39. The maximum atomic E-state index is 6.12. The van der Waals surface area contributed by atoms with Crippen LogP contribution in [0.4, 0.5) is 0 Å². The van der Waals surface area contributed by atoms with E-state index < -0.39 is 0 Å². The van der Waals surface area contributed by atoms with Gasteiger partial charge in [0.15, 0.2) is 0 Å². The highest BCUT2D eigenvalue weighted by Crippen LogP contribution is 2.28. The fourth-order valence-electron chi connectivity index (χ4n) is 1.58. The Morgan fingerprint density at radius 1 is 1.28 bits per heavy atom. The summed E-state index contributed by atoms with van der Waals surface area (Å²) in [5.74, 6) is 0.780. The SMILES string of the molecule is COc1cnc(C(N)CC(C)(C)OC)c(OC)n1. The smallest absolute Gasteiger partial charge is 0.240 e. The fourth-order valence-corrected chi connectivity index (χ4v) is 1.58. The molecule has 1 aromatic rings. The molecule has 1 rings (SSSR count). The lowest BCUT2D eigenvalue weighted by atomic mass is 9.97. The first-order valence-corrected chi connectivity index (χ1v) is 5.69. The molecular formula is C12H21N3O3. The molecule has 0 aliphatic heterocycles. The molecule has 1 unspecified atom stereocenters. The van der Waals surface area contributed by atoms with Crippen molar-refractivity contribution in [2.45, 2.75) is 31.9 Å². The van der Waals surface area contributed by atoms with Gasteiger partial charge in [0.1, 0.15) is 5.69 Å². The van der Waals surface area contributed by atoms with Crippen LogP contribution in [0, 0.1) is 0 Å². The maximum absolute atomic E-state index is 6.12. The van der Waals surface area contributed by atoms with Gasteiger partial charge in [-0.05, 0) is 20.3 Å². The highest BCUT2D eigenvalue weighted by Gasteiger charge is 2.25. The van der Waals surface area contributed by atoms with Crippen LogP contribution in [0.5, 0.6) is 11.8 Å². The van der Waals surface area contributed by atoms with E-state index in [4.69, 9.17) is 19.9 Å². The molecular weight excluding hydrogens is 234 g/mol. The number of aromatic nitrogens is 2. The van der Waals surface area contributed by atoms with Crippen LogP contribution in [0.3, 0.4) is 0 Å². The first kappa shape index (κ1) is 14.7. The average molecular weight is 255 g/mol. The molecule has 0 aliphatic carbocycles. The second-order valence-electron chi connectivity index (χ2n) is 4.58. The molecule has 1 atom stereocenters. The number of methoxy groups -OCH3 is 3. The van der Waals surface area contributed by atoms with Crippen molar-refractivity contribution in [2.75, 3.05) is 21.3 Å². The van der Waals surface area contributed by atoms with Crippen molar-refractivity contribution in [1.29, 1.82) is 0 Å². The summed E-state index contributed by atoms with van der Waals surface area (Å²) >= 11 is 0. The Kier molecular flexibility index (Phi) is 4.86. The molecule has 0 fully saturated rings. The van der Waals surface area contributed by atoms with E-state index in [1.54, 1.807) is 7.11 Å². The molecule has 0 bridgehead atoms. The summed E-state index contributed by atoms with van der Waals surface area (Å²) in [4.78, 5) is 8.40. The summed E-state index contributed by atoms with van der Waals surface area (Å²) < 4.78 is 15.5. The molecule has 0 saturated heterocycles. The lowest BCUT2D eigenvalue weighted by Gasteiger charge is -2.26. The van der Waals surface area contributed by atoms with Gasteiger partial charge in [-0.3, -0.25) is 0 Å². The van der Waals surface area contributed by atoms with Crippen molar-refractivity contribution < 1.29 is 14.2 Å². The zero-order chi connectivity index (χ0) is 13.8. The topological polar surface area (TPSA) is 79.5 Å². The van der Waals surface area contributed by atoms with Crippen molar-refractivity contribution in [3.05, 3.63) is 11.9 Å². The van der Waals surface area contributed by atoms with E-state index in [0.717, 1.165) is 0 Å². The Bertz CT molecular complexity index is 396. The van der Waals surface area contributed by atoms with Gasteiger partial charge in [0.25, 0.3) is 0 Å². The van der Waals surface area contributed by atoms with E-state index >= 15 is 0 Å². The van der Waals surface area contributed by atoms with Gasteiger partial charge < -0.3 is 19.9 Å². The molecule has 0 saturated carbocycles. The van der Waals surface area contributed by atoms with E-state index in [1.165, 1.54) is 20.4 Å². The minimum atomic E-state index is -0.327. The van der Waals surface area contributed by atoms with E-state index in [1.807, 2.05) is 13.8 Å². The summed E-state index contributed by atoms with van der Waals surface area (Å²) in [7, 11) is 4.71. The number of rotatable bonds is 6. The Morgan fingerprint density at radius 3 is 2.44 bits per heavy atom. The molecule has 18 heavy (non-hydrogen) atoms. The maximum Gasteiger partial charge on any atom is 0.240 e. The van der Waals surface area contributed by atoms with Gasteiger partial charge in [-0.15, -0.1) is 0 Å². The summed E-state index contributed by atoms with van der Waals surface area (Å²) in [6.07, 6.45) is 2.14. The minimum Gasteiger partial charge on any atom is -0.480 e. The van der Waals surface area contributed by atoms with Gasteiger partial charge >= 0.3 is 0 Å². The predicted octanol–water partition coefficient (Wildman–Crippen LogP) is 1.31. The third-order valence-electron chi connectivity index (χ3n) is 2.76. The Morgan fingerprint density at radius 2 is 1.94 bits per heavy atom. The Balaban J connectivity index is 2.94. The molecule has 0 aromatic carbocycles. The fraction of sp³-hybridized carbons (Fsp3) is 0.667. The molecule has 102 valence electrons. The van der Waals surface area contributed by atoms with Crippen molar-refractivity contribution in [2.24, 2.45) is 5.73 Å². The largest absolute Gasteiger partial charge is 0.480 e. The lowest BCUT2D eigenvalue weighted by molar-refractivity contribution is 0.00946. The molecule has 1 aromatic heterocycles. The van der Waals surface area contributed by atoms with E-state index in [0.29, 0.717) is 23.9 Å². The number of nitrogens with zero attached hydrogens (tertiary/aromatic N) is 2. The molecule has 0 aliphatic rings. The highest BCUT2D eigenvalue weighted by atomic mass is 16.5. The van der Waals surface area contributed by atoms with Crippen molar-refractivity contribution in [3.8, 4) is 11.8 Å². The molecule has 0 amide bonds. The molecule has 6 nitrogen and oxygen atoms in total. The first-order valence-electron chi connectivity index (χ1n) is 5.69. The zero-order valence-electron chi connectivity index (χ0n) is 11.6. The van der Waals surface area contributed by atoms with Crippen molar-refractivity contribution in [1.82, 2.24) is 9.97 Å². The zero-order valence-corrected chi connectivity index (χ0v) is 11.6. The van der Waals surface area contributed by atoms with Crippen LogP contribution in [0.1, 0.15) is 32.0 Å². The van der Waals surface area contributed by atoms with E-state index in [9.17, 15) is 0 Å². The van der Waals surface area contributed by atoms with Gasteiger partial charge in [-0.2, -0.15) is 4.98 Å². The minimum absolute atomic E-state index is 0.312. The monoisotopic (exact) mass is 255 g/mol. The number of hydrogen-bond acceptors (Lipinski definition) is 6. The van der Waals surface area contributed by atoms with Crippen LogP contribution in [0.15, 0.2) is 6.20 Å². The van der Waals surface area contributed by atoms with Crippen LogP contribution < -0.4 is 15.2 Å². The first-order chi connectivity index (χ1) is 8.43. The molecule has 0 spiro atoms. The lowest BCUT2D eigenvalue weighted by Crippen LogP contribution is -2.29. The van der Waals surface area contributed by atoms with E-state index in [-0.39, 0.29) is 11.6 Å². The molecule has 2 N–H and O–H groups in total. The van der Waals surface area contributed by atoms with Crippen molar-refractivity contribution in [3.63, 3.8) is 0 Å². The van der Waals surface area contributed by atoms with Crippen LogP contribution in [-0.4, -0.2) is 36.9 Å². The Hall–Kier alpha value is -1.40. The summed E-state index contributed by atoms with van der Waals surface area (Å²) in [6, 6.07) is -0.312. The van der Waals surface area contributed by atoms with Crippen LogP contribution >= 0.6 is 0 Å². The third-order valence-corrected chi connectivity index (χ3v) is 2.76. The average Bonchev–Trinajstić information content (AvgIpc) is 2.37. The predicted molar refractivity (Wildman–Crippen MR) is 67.8 cm³/mol. The third kappa shape index (κ3) is 3.54. The van der Waals surface area contributed by atoms with Gasteiger partial charge in [0.05, 0.1) is 32.1 Å². The second-order valence-corrected chi connectivity index (χ2v) is 4.58. The molecule has 1 heterocycles. The second kappa shape index (κ2) is 5.97. The standard InChI is InChI=1S/C12H21N3O3/c1-12(2,18-5)6-8(13)10-11(17-4)15-9(16-3)7-14-10/h7-8H,6,13H2,1-5H3.